The lowest BCUT2D eigenvalue weighted by atomic mass is 9.93. The summed E-state index contributed by atoms with van der Waals surface area (Å²) in [5, 5.41) is 6.57. The maximum absolute atomic E-state index is 5.68. The first-order valence-electron chi connectivity index (χ1n) is 5.35. The molecule has 0 spiro atoms. The molecular weight excluding hydrogens is 208 g/mol. The van der Waals surface area contributed by atoms with Crippen molar-refractivity contribution in [1.29, 1.82) is 0 Å². The summed E-state index contributed by atoms with van der Waals surface area (Å²) in [7, 11) is 0. The van der Waals surface area contributed by atoms with E-state index in [1.54, 1.807) is 11.3 Å². The van der Waals surface area contributed by atoms with Gasteiger partial charge in [-0.1, -0.05) is 20.8 Å². The summed E-state index contributed by atoms with van der Waals surface area (Å²) in [5.74, 6) is 0. The van der Waals surface area contributed by atoms with Gasteiger partial charge in [-0.15, -0.1) is 11.3 Å². The van der Waals surface area contributed by atoms with Crippen LogP contribution in [0.25, 0.3) is 0 Å². The van der Waals surface area contributed by atoms with Gasteiger partial charge in [-0.25, -0.2) is 4.98 Å². The van der Waals surface area contributed by atoms with Crippen LogP contribution in [0.1, 0.15) is 37.6 Å². The maximum atomic E-state index is 5.68. The average Bonchev–Trinajstić information content (AvgIpc) is 2.67. The van der Waals surface area contributed by atoms with Gasteiger partial charge in [0.25, 0.3) is 0 Å². The summed E-state index contributed by atoms with van der Waals surface area (Å²) in [6, 6.07) is 0. The third-order valence-corrected chi connectivity index (χ3v) is 3.43. The first kappa shape index (κ1) is 11.0. The molecule has 0 unspecified atom stereocenters. The Labute approximate surface area is 94.9 Å². The number of aromatic nitrogens is 1. The van der Waals surface area contributed by atoms with Crippen LogP contribution in [0.2, 0.25) is 0 Å². The van der Waals surface area contributed by atoms with E-state index in [0.717, 1.165) is 30.4 Å². The van der Waals surface area contributed by atoms with Crippen molar-refractivity contribution in [3.8, 4) is 0 Å². The Bertz CT molecular complexity index is 324. The SMILES string of the molecule is CC(C)(C)c1csc([C@H]2CNCCO2)n1. The Balaban J connectivity index is 2.12. The highest BCUT2D eigenvalue weighted by atomic mass is 32.1. The zero-order valence-electron chi connectivity index (χ0n) is 9.54. The number of nitrogens with zero attached hydrogens (tertiary/aromatic N) is 1. The molecule has 0 bridgehead atoms. The Kier molecular flexibility index (Phi) is 3.09. The van der Waals surface area contributed by atoms with Crippen LogP contribution in [-0.4, -0.2) is 24.7 Å². The van der Waals surface area contributed by atoms with Gasteiger partial charge < -0.3 is 10.1 Å². The number of hydrogen-bond acceptors (Lipinski definition) is 4. The van der Waals surface area contributed by atoms with Gasteiger partial charge in [0.15, 0.2) is 0 Å². The third kappa shape index (κ3) is 2.56. The third-order valence-electron chi connectivity index (χ3n) is 2.49. The molecule has 1 aliphatic rings. The van der Waals surface area contributed by atoms with E-state index in [9.17, 15) is 0 Å². The van der Waals surface area contributed by atoms with Crippen molar-refractivity contribution in [2.75, 3.05) is 19.7 Å². The van der Waals surface area contributed by atoms with Gasteiger partial charge in [0.1, 0.15) is 11.1 Å². The normalized spacial score (nSPS) is 23.0. The number of morpholine rings is 1. The zero-order chi connectivity index (χ0) is 10.9. The van der Waals surface area contributed by atoms with Crippen LogP contribution < -0.4 is 5.32 Å². The highest BCUT2D eigenvalue weighted by Crippen LogP contribution is 2.28. The number of hydrogen-bond donors (Lipinski definition) is 1. The second-order valence-corrected chi connectivity index (χ2v) is 5.77. The largest absolute Gasteiger partial charge is 0.368 e. The van der Waals surface area contributed by atoms with E-state index in [1.165, 1.54) is 0 Å². The van der Waals surface area contributed by atoms with Crippen LogP contribution in [-0.2, 0) is 10.2 Å². The van der Waals surface area contributed by atoms with Gasteiger partial charge in [0, 0.05) is 23.9 Å². The van der Waals surface area contributed by atoms with Gasteiger partial charge in [-0.3, -0.25) is 0 Å². The first-order chi connectivity index (χ1) is 7.07. The molecule has 1 aliphatic heterocycles. The van der Waals surface area contributed by atoms with Crippen LogP contribution in [0, 0.1) is 0 Å². The summed E-state index contributed by atoms with van der Waals surface area (Å²) < 4.78 is 5.68. The van der Waals surface area contributed by atoms with Crippen LogP contribution >= 0.6 is 11.3 Å². The molecule has 4 heteroatoms. The first-order valence-corrected chi connectivity index (χ1v) is 6.23. The van der Waals surface area contributed by atoms with Crippen LogP contribution in [0.3, 0.4) is 0 Å². The van der Waals surface area contributed by atoms with Crippen LogP contribution in [0.4, 0.5) is 0 Å². The number of ether oxygens (including phenoxy) is 1. The van der Waals surface area contributed by atoms with Crippen molar-refractivity contribution in [2.45, 2.75) is 32.3 Å². The lowest BCUT2D eigenvalue weighted by Crippen LogP contribution is -2.33. The molecule has 2 heterocycles. The fourth-order valence-electron chi connectivity index (χ4n) is 1.50. The van der Waals surface area contributed by atoms with Crippen molar-refractivity contribution in [3.05, 3.63) is 16.1 Å². The van der Waals surface area contributed by atoms with Crippen LogP contribution in [0.15, 0.2) is 5.38 Å². The highest BCUT2D eigenvalue weighted by Gasteiger charge is 2.22. The number of thiazole rings is 1. The summed E-state index contributed by atoms with van der Waals surface area (Å²) in [6.07, 6.45) is 0.153. The minimum atomic E-state index is 0.136. The maximum Gasteiger partial charge on any atom is 0.123 e. The fourth-order valence-corrected chi connectivity index (χ4v) is 2.60. The predicted octanol–water partition coefficient (Wildman–Crippen LogP) is 2.10. The summed E-state index contributed by atoms with van der Waals surface area (Å²) in [5.41, 5.74) is 1.30. The van der Waals surface area contributed by atoms with Crippen molar-refractivity contribution >= 4 is 11.3 Å². The monoisotopic (exact) mass is 226 g/mol. The predicted molar refractivity (Wildman–Crippen MR) is 62.4 cm³/mol. The Morgan fingerprint density at radius 3 is 2.87 bits per heavy atom. The van der Waals surface area contributed by atoms with Crippen molar-refractivity contribution in [2.24, 2.45) is 0 Å². The van der Waals surface area contributed by atoms with E-state index in [2.05, 4.69) is 36.5 Å². The molecule has 84 valence electrons. The summed E-state index contributed by atoms with van der Waals surface area (Å²) in [6.45, 7) is 9.18. The molecule has 15 heavy (non-hydrogen) atoms. The summed E-state index contributed by atoms with van der Waals surface area (Å²) in [4.78, 5) is 4.66. The Morgan fingerprint density at radius 1 is 1.53 bits per heavy atom. The fraction of sp³-hybridized carbons (Fsp3) is 0.727. The van der Waals surface area contributed by atoms with E-state index < -0.39 is 0 Å². The Morgan fingerprint density at radius 2 is 2.33 bits per heavy atom. The minimum Gasteiger partial charge on any atom is -0.368 e. The zero-order valence-corrected chi connectivity index (χ0v) is 10.4. The molecule has 3 nitrogen and oxygen atoms in total. The van der Waals surface area contributed by atoms with E-state index in [-0.39, 0.29) is 11.5 Å². The molecule has 1 aromatic rings. The number of nitrogens with one attached hydrogen (secondary N) is 1. The lowest BCUT2D eigenvalue weighted by Gasteiger charge is -2.22. The van der Waals surface area contributed by atoms with Gasteiger partial charge in [0.05, 0.1) is 12.3 Å². The van der Waals surface area contributed by atoms with Gasteiger partial charge in [-0.05, 0) is 0 Å². The highest BCUT2D eigenvalue weighted by molar-refractivity contribution is 7.09. The molecule has 1 aromatic heterocycles. The van der Waals surface area contributed by atoms with Gasteiger partial charge in [0.2, 0.25) is 0 Å². The quantitative estimate of drug-likeness (QED) is 0.796. The standard InChI is InChI=1S/C11H18N2OS/c1-11(2,3)9-7-15-10(13-9)8-6-12-4-5-14-8/h7-8,12H,4-6H2,1-3H3/t8-/m1/s1. The van der Waals surface area contributed by atoms with Gasteiger partial charge in [-0.2, -0.15) is 0 Å². The molecule has 0 radical (unpaired) electrons. The number of rotatable bonds is 1. The second kappa shape index (κ2) is 4.20. The summed E-state index contributed by atoms with van der Waals surface area (Å²) >= 11 is 1.71. The smallest absolute Gasteiger partial charge is 0.123 e. The molecule has 2 rings (SSSR count). The van der Waals surface area contributed by atoms with Crippen molar-refractivity contribution in [1.82, 2.24) is 10.3 Å². The lowest BCUT2D eigenvalue weighted by molar-refractivity contribution is 0.0274. The molecular formula is C11H18N2OS. The molecule has 0 aliphatic carbocycles. The molecule has 1 N–H and O–H groups in total. The van der Waals surface area contributed by atoms with Crippen molar-refractivity contribution < 1.29 is 4.74 Å². The van der Waals surface area contributed by atoms with E-state index in [4.69, 9.17) is 4.74 Å². The second-order valence-electron chi connectivity index (χ2n) is 4.88. The van der Waals surface area contributed by atoms with E-state index in [1.807, 2.05) is 0 Å². The van der Waals surface area contributed by atoms with Crippen LogP contribution in [0.5, 0.6) is 0 Å². The molecule has 0 aromatic carbocycles. The average molecular weight is 226 g/mol. The van der Waals surface area contributed by atoms with Crippen molar-refractivity contribution in [3.63, 3.8) is 0 Å². The molecule has 1 fully saturated rings. The molecule has 0 amide bonds. The topological polar surface area (TPSA) is 34.1 Å². The molecule has 0 saturated carbocycles. The minimum absolute atomic E-state index is 0.136. The molecule has 1 saturated heterocycles. The van der Waals surface area contributed by atoms with Gasteiger partial charge >= 0.3 is 0 Å². The molecule has 1 atom stereocenters. The van der Waals surface area contributed by atoms with E-state index in [0.29, 0.717) is 0 Å². The van der Waals surface area contributed by atoms with E-state index >= 15 is 0 Å². The Hall–Kier alpha value is -0.450.